The van der Waals surface area contributed by atoms with Crippen LogP contribution in [0.4, 0.5) is 10.5 Å². The van der Waals surface area contributed by atoms with Gasteiger partial charge in [0.2, 0.25) is 0 Å². The van der Waals surface area contributed by atoms with Crippen LogP contribution in [-0.2, 0) is 6.54 Å². The van der Waals surface area contributed by atoms with E-state index >= 15 is 0 Å². The predicted molar refractivity (Wildman–Crippen MR) is 75.9 cm³/mol. The summed E-state index contributed by atoms with van der Waals surface area (Å²) in [6, 6.07) is 2.06. The summed E-state index contributed by atoms with van der Waals surface area (Å²) >= 11 is 6.72. The molecule has 0 atom stereocenters. The van der Waals surface area contributed by atoms with Crippen LogP contribution in [0.2, 0.25) is 0 Å². The Morgan fingerprint density at radius 1 is 1.63 bits per heavy atom. The molecule has 0 unspecified atom stereocenters. The Labute approximate surface area is 118 Å². The van der Waals surface area contributed by atoms with Crippen molar-refractivity contribution in [1.82, 2.24) is 20.1 Å². The molecule has 0 aliphatic heterocycles. The second-order valence-corrected chi connectivity index (χ2v) is 5.53. The van der Waals surface area contributed by atoms with Crippen LogP contribution in [0.25, 0.3) is 0 Å². The molecule has 3 rings (SSSR count). The third-order valence-electron chi connectivity index (χ3n) is 2.88. The molecule has 100 valence electrons. The fourth-order valence-electron chi connectivity index (χ4n) is 1.84. The first kappa shape index (κ1) is 12.4. The summed E-state index contributed by atoms with van der Waals surface area (Å²) in [5.41, 5.74) is 0.795. The van der Waals surface area contributed by atoms with Crippen molar-refractivity contribution < 1.29 is 4.79 Å². The van der Waals surface area contributed by atoms with Gasteiger partial charge >= 0.3 is 6.03 Å². The van der Waals surface area contributed by atoms with E-state index in [0.29, 0.717) is 17.4 Å². The SMILES string of the molecule is O=C(NCc1n[nH]c(=S)n1C1CC1)Nc1ccsc1. The standard InChI is InChI=1S/C11H13N5OS2/c17-10(13-7-3-4-19-6-7)12-5-9-14-15-11(18)16(9)8-1-2-8/h3-4,6,8H,1-2,5H2,(H,15,18)(H2,12,13,17). The maximum Gasteiger partial charge on any atom is 0.319 e. The van der Waals surface area contributed by atoms with E-state index in [4.69, 9.17) is 12.2 Å². The largest absolute Gasteiger partial charge is 0.331 e. The van der Waals surface area contributed by atoms with Crippen LogP contribution >= 0.6 is 23.6 Å². The number of carbonyl (C=O) groups is 1. The maximum atomic E-state index is 11.7. The van der Waals surface area contributed by atoms with Crippen molar-refractivity contribution in [2.24, 2.45) is 0 Å². The molecular weight excluding hydrogens is 282 g/mol. The van der Waals surface area contributed by atoms with Gasteiger partial charge in [-0.3, -0.25) is 9.67 Å². The number of nitrogens with one attached hydrogen (secondary N) is 3. The summed E-state index contributed by atoms with van der Waals surface area (Å²) in [4.78, 5) is 11.7. The highest BCUT2D eigenvalue weighted by atomic mass is 32.1. The third kappa shape index (κ3) is 2.85. The van der Waals surface area contributed by atoms with E-state index < -0.39 is 0 Å². The van der Waals surface area contributed by atoms with Crippen LogP contribution in [0.5, 0.6) is 0 Å². The number of hydrogen-bond donors (Lipinski definition) is 3. The lowest BCUT2D eigenvalue weighted by Crippen LogP contribution is -2.29. The molecule has 1 saturated carbocycles. The summed E-state index contributed by atoms with van der Waals surface area (Å²) in [5, 5.41) is 16.2. The highest BCUT2D eigenvalue weighted by Crippen LogP contribution is 2.35. The van der Waals surface area contributed by atoms with Crippen molar-refractivity contribution in [2.45, 2.75) is 25.4 Å². The summed E-state index contributed by atoms with van der Waals surface area (Å²) in [6.07, 6.45) is 2.25. The van der Waals surface area contributed by atoms with Gasteiger partial charge in [0.15, 0.2) is 10.6 Å². The highest BCUT2D eigenvalue weighted by molar-refractivity contribution is 7.71. The first-order valence-corrected chi connectivity index (χ1v) is 7.32. The second kappa shape index (κ2) is 5.14. The van der Waals surface area contributed by atoms with Crippen LogP contribution in [-0.4, -0.2) is 20.8 Å². The molecule has 0 radical (unpaired) electrons. The zero-order chi connectivity index (χ0) is 13.2. The number of aromatic nitrogens is 3. The Balaban J connectivity index is 1.60. The molecule has 19 heavy (non-hydrogen) atoms. The summed E-state index contributed by atoms with van der Waals surface area (Å²) in [5.74, 6) is 0.771. The number of urea groups is 1. The minimum absolute atomic E-state index is 0.241. The Kier molecular flexibility index (Phi) is 3.34. The number of nitrogens with zero attached hydrogens (tertiary/aromatic N) is 2. The third-order valence-corrected chi connectivity index (χ3v) is 3.85. The molecule has 0 spiro atoms. The molecule has 2 aromatic rings. The van der Waals surface area contributed by atoms with Gasteiger partial charge in [0.05, 0.1) is 12.2 Å². The molecule has 2 amide bonds. The molecule has 0 aromatic carbocycles. The Hall–Kier alpha value is -1.67. The molecule has 2 heterocycles. The molecule has 0 bridgehead atoms. The Bertz CT molecular complexity index is 626. The van der Waals surface area contributed by atoms with Gasteiger partial charge in [-0.1, -0.05) is 0 Å². The minimum atomic E-state index is -0.241. The predicted octanol–water partition coefficient (Wildman–Crippen LogP) is 2.66. The zero-order valence-electron chi connectivity index (χ0n) is 10.0. The van der Waals surface area contributed by atoms with Gasteiger partial charge in [0, 0.05) is 11.4 Å². The van der Waals surface area contributed by atoms with Gasteiger partial charge in [0.25, 0.3) is 0 Å². The van der Waals surface area contributed by atoms with Crippen LogP contribution in [0.3, 0.4) is 0 Å². The summed E-state index contributed by atoms with van der Waals surface area (Å²) in [6.45, 7) is 0.361. The highest BCUT2D eigenvalue weighted by Gasteiger charge is 2.27. The molecule has 1 aliphatic carbocycles. The van der Waals surface area contributed by atoms with Crippen LogP contribution in [0.1, 0.15) is 24.7 Å². The van der Waals surface area contributed by atoms with Crippen molar-refractivity contribution >= 4 is 35.3 Å². The zero-order valence-corrected chi connectivity index (χ0v) is 11.7. The maximum absolute atomic E-state index is 11.7. The van der Waals surface area contributed by atoms with E-state index in [9.17, 15) is 4.79 Å². The number of H-pyrrole nitrogens is 1. The quantitative estimate of drug-likeness (QED) is 0.759. The lowest BCUT2D eigenvalue weighted by Gasteiger charge is -2.07. The Morgan fingerprint density at radius 2 is 2.47 bits per heavy atom. The van der Waals surface area contributed by atoms with Crippen molar-refractivity contribution in [2.75, 3.05) is 5.32 Å². The average molecular weight is 295 g/mol. The molecule has 2 aromatic heterocycles. The monoisotopic (exact) mass is 295 g/mol. The van der Waals surface area contributed by atoms with Crippen LogP contribution < -0.4 is 10.6 Å². The smallest absolute Gasteiger partial charge is 0.319 e. The first-order chi connectivity index (χ1) is 9.24. The molecule has 6 nitrogen and oxygen atoms in total. The Morgan fingerprint density at radius 3 is 3.16 bits per heavy atom. The molecular formula is C11H13N5OS2. The number of anilines is 1. The van der Waals surface area contributed by atoms with Crippen molar-refractivity contribution in [1.29, 1.82) is 0 Å². The number of aromatic amines is 1. The lowest BCUT2D eigenvalue weighted by atomic mass is 10.5. The number of carbonyl (C=O) groups excluding carboxylic acids is 1. The van der Waals surface area contributed by atoms with Crippen molar-refractivity contribution in [3.8, 4) is 0 Å². The van der Waals surface area contributed by atoms with E-state index in [2.05, 4.69) is 20.8 Å². The number of amides is 2. The van der Waals surface area contributed by atoms with Gasteiger partial charge in [-0.25, -0.2) is 4.79 Å². The van der Waals surface area contributed by atoms with Crippen LogP contribution in [0, 0.1) is 4.77 Å². The normalized spacial score (nSPS) is 14.3. The number of thiophene rings is 1. The molecule has 0 saturated heterocycles. The topological polar surface area (TPSA) is 74.7 Å². The van der Waals surface area contributed by atoms with E-state index in [1.54, 1.807) is 0 Å². The summed E-state index contributed by atoms with van der Waals surface area (Å²) in [7, 11) is 0. The van der Waals surface area contributed by atoms with E-state index in [-0.39, 0.29) is 6.03 Å². The number of hydrogen-bond acceptors (Lipinski definition) is 4. The van der Waals surface area contributed by atoms with Crippen LogP contribution in [0.15, 0.2) is 16.8 Å². The fraction of sp³-hybridized carbons (Fsp3) is 0.364. The van der Waals surface area contributed by atoms with Gasteiger partial charge in [-0.05, 0) is 36.5 Å². The lowest BCUT2D eigenvalue weighted by molar-refractivity contribution is 0.251. The molecule has 3 N–H and O–H groups in total. The second-order valence-electron chi connectivity index (χ2n) is 4.37. The van der Waals surface area contributed by atoms with Crippen molar-refractivity contribution in [3.63, 3.8) is 0 Å². The minimum Gasteiger partial charge on any atom is -0.331 e. The van der Waals surface area contributed by atoms with E-state index in [1.807, 2.05) is 21.4 Å². The van der Waals surface area contributed by atoms with Crippen molar-refractivity contribution in [3.05, 3.63) is 27.4 Å². The van der Waals surface area contributed by atoms with Gasteiger partial charge in [-0.15, -0.1) is 0 Å². The number of rotatable bonds is 4. The fourth-order valence-corrected chi connectivity index (χ4v) is 2.73. The molecule has 1 fully saturated rings. The van der Waals surface area contributed by atoms with E-state index in [0.717, 1.165) is 24.4 Å². The first-order valence-electron chi connectivity index (χ1n) is 5.97. The summed E-state index contributed by atoms with van der Waals surface area (Å²) < 4.78 is 2.61. The van der Waals surface area contributed by atoms with Gasteiger partial charge < -0.3 is 10.6 Å². The average Bonchev–Trinajstić information content (AvgIpc) is 2.96. The van der Waals surface area contributed by atoms with Gasteiger partial charge in [0.1, 0.15) is 0 Å². The van der Waals surface area contributed by atoms with E-state index in [1.165, 1.54) is 11.3 Å². The molecule has 8 heteroatoms. The molecule has 1 aliphatic rings. The van der Waals surface area contributed by atoms with Gasteiger partial charge in [-0.2, -0.15) is 16.4 Å².